The molecule has 0 unspecified atom stereocenters. The summed E-state index contributed by atoms with van der Waals surface area (Å²) in [6.07, 6.45) is 1.43. The van der Waals surface area contributed by atoms with Gasteiger partial charge in [0.2, 0.25) is 0 Å². The predicted molar refractivity (Wildman–Crippen MR) is 76.5 cm³/mol. The Bertz CT molecular complexity index is 768. The van der Waals surface area contributed by atoms with Crippen molar-refractivity contribution in [1.29, 1.82) is 0 Å². The smallest absolute Gasteiger partial charge is 0.336 e. The van der Waals surface area contributed by atoms with E-state index in [0.717, 1.165) is 4.90 Å². The lowest BCUT2D eigenvalue weighted by molar-refractivity contribution is 0.0694. The number of aromatic carboxylic acids is 1. The van der Waals surface area contributed by atoms with Crippen molar-refractivity contribution in [2.24, 2.45) is 0 Å². The molecule has 1 aliphatic heterocycles. The first-order valence-electron chi connectivity index (χ1n) is 5.87. The highest BCUT2D eigenvalue weighted by Gasteiger charge is 2.38. The molecule has 6 nitrogen and oxygen atoms in total. The van der Waals surface area contributed by atoms with E-state index in [1.807, 2.05) is 0 Å². The number of hydrogen-bond donors (Lipinski definition) is 1. The van der Waals surface area contributed by atoms with Gasteiger partial charge in [-0.15, -0.1) is 0 Å². The molecule has 0 aliphatic carbocycles. The SMILES string of the molecule is O=C(O)c1cc(N2C(=O)c3cccnc3C2=O)ccc1Br. The maximum Gasteiger partial charge on any atom is 0.336 e. The number of carboxylic acids is 1. The van der Waals surface area contributed by atoms with Gasteiger partial charge in [-0.3, -0.25) is 14.6 Å². The molecular formula is C14H7BrN2O4. The number of rotatable bonds is 2. The number of carbonyl (C=O) groups is 3. The van der Waals surface area contributed by atoms with Crippen molar-refractivity contribution >= 4 is 39.4 Å². The average Bonchev–Trinajstić information content (AvgIpc) is 2.72. The Labute approximate surface area is 127 Å². The molecule has 0 radical (unpaired) electrons. The molecule has 0 atom stereocenters. The minimum absolute atomic E-state index is 0.0305. The Balaban J connectivity index is 2.11. The van der Waals surface area contributed by atoms with Crippen LogP contribution < -0.4 is 4.90 Å². The number of benzene rings is 1. The number of anilines is 1. The fraction of sp³-hybridized carbons (Fsp3) is 0. The van der Waals surface area contributed by atoms with E-state index in [1.165, 1.54) is 30.5 Å². The highest BCUT2D eigenvalue weighted by Crippen LogP contribution is 2.30. The van der Waals surface area contributed by atoms with Crippen molar-refractivity contribution in [3.05, 3.63) is 57.8 Å². The van der Waals surface area contributed by atoms with Crippen LogP contribution in [0.25, 0.3) is 0 Å². The number of pyridine rings is 1. The number of imide groups is 1. The Morgan fingerprint density at radius 1 is 1.19 bits per heavy atom. The molecule has 1 aromatic carbocycles. The normalized spacial score (nSPS) is 13.5. The quantitative estimate of drug-likeness (QED) is 0.843. The molecule has 2 amide bonds. The van der Waals surface area contributed by atoms with Crippen molar-refractivity contribution in [1.82, 2.24) is 4.98 Å². The monoisotopic (exact) mass is 346 g/mol. The van der Waals surface area contributed by atoms with Crippen LogP contribution in [0, 0.1) is 0 Å². The summed E-state index contributed by atoms with van der Waals surface area (Å²) in [5.41, 5.74) is 0.449. The van der Waals surface area contributed by atoms with Crippen LogP contribution in [-0.2, 0) is 0 Å². The highest BCUT2D eigenvalue weighted by atomic mass is 79.9. The summed E-state index contributed by atoms with van der Waals surface area (Å²) in [5, 5.41) is 9.11. The van der Waals surface area contributed by atoms with Crippen LogP contribution in [0.2, 0.25) is 0 Å². The summed E-state index contributed by atoms with van der Waals surface area (Å²) < 4.78 is 0.369. The van der Waals surface area contributed by atoms with Crippen molar-refractivity contribution in [2.45, 2.75) is 0 Å². The van der Waals surface area contributed by atoms with Crippen LogP contribution in [0.15, 0.2) is 41.0 Å². The van der Waals surface area contributed by atoms with E-state index >= 15 is 0 Å². The fourth-order valence-electron chi connectivity index (χ4n) is 2.12. The second-order valence-corrected chi connectivity index (χ2v) is 5.17. The van der Waals surface area contributed by atoms with Crippen LogP contribution in [0.1, 0.15) is 31.2 Å². The maximum atomic E-state index is 12.3. The Morgan fingerprint density at radius 3 is 2.62 bits per heavy atom. The van der Waals surface area contributed by atoms with E-state index in [0.29, 0.717) is 4.47 Å². The first-order chi connectivity index (χ1) is 10.0. The lowest BCUT2D eigenvalue weighted by atomic mass is 10.2. The van der Waals surface area contributed by atoms with E-state index in [2.05, 4.69) is 20.9 Å². The minimum Gasteiger partial charge on any atom is -0.478 e. The number of carboxylic acid groups (broad SMARTS) is 1. The summed E-state index contributed by atoms with van der Waals surface area (Å²) in [7, 11) is 0. The third-order valence-electron chi connectivity index (χ3n) is 3.09. The minimum atomic E-state index is -1.15. The number of carbonyl (C=O) groups excluding carboxylic acids is 2. The number of amides is 2. The topological polar surface area (TPSA) is 87.6 Å². The Morgan fingerprint density at radius 2 is 1.95 bits per heavy atom. The predicted octanol–water partition coefficient (Wildman–Crippen LogP) is 2.34. The van der Waals surface area contributed by atoms with Gasteiger partial charge in [-0.2, -0.15) is 0 Å². The summed E-state index contributed by atoms with van der Waals surface area (Å²) in [6.45, 7) is 0. The maximum absolute atomic E-state index is 12.3. The van der Waals surface area contributed by atoms with Crippen LogP contribution in [0.5, 0.6) is 0 Å². The van der Waals surface area contributed by atoms with E-state index in [4.69, 9.17) is 5.11 Å². The van der Waals surface area contributed by atoms with Gasteiger partial charge < -0.3 is 5.11 Å². The van der Waals surface area contributed by atoms with Gasteiger partial charge in [-0.25, -0.2) is 9.69 Å². The van der Waals surface area contributed by atoms with Gasteiger partial charge >= 0.3 is 5.97 Å². The fourth-order valence-corrected chi connectivity index (χ4v) is 2.53. The Kier molecular flexibility index (Phi) is 3.06. The molecule has 0 fully saturated rings. The summed E-state index contributed by atoms with van der Waals surface area (Å²) >= 11 is 3.12. The molecule has 2 heterocycles. The molecule has 1 aromatic heterocycles. The van der Waals surface area contributed by atoms with E-state index < -0.39 is 17.8 Å². The first kappa shape index (κ1) is 13.4. The van der Waals surface area contributed by atoms with Crippen LogP contribution in [-0.4, -0.2) is 27.9 Å². The third-order valence-corrected chi connectivity index (χ3v) is 3.78. The van der Waals surface area contributed by atoms with Gasteiger partial charge in [0.05, 0.1) is 16.8 Å². The Hall–Kier alpha value is -2.54. The van der Waals surface area contributed by atoms with Gasteiger partial charge in [0.1, 0.15) is 5.69 Å². The second-order valence-electron chi connectivity index (χ2n) is 4.31. The summed E-state index contributed by atoms with van der Waals surface area (Å²) in [6, 6.07) is 7.33. The van der Waals surface area contributed by atoms with Crippen LogP contribution in [0.4, 0.5) is 5.69 Å². The number of fused-ring (bicyclic) bond motifs is 1. The standard InChI is InChI=1S/C14H7BrN2O4/c15-10-4-3-7(6-9(10)14(20)21)17-12(18)8-2-1-5-16-11(8)13(17)19/h1-6H,(H,20,21). The van der Waals surface area contributed by atoms with E-state index in [1.54, 1.807) is 6.07 Å². The molecule has 21 heavy (non-hydrogen) atoms. The van der Waals surface area contributed by atoms with Crippen molar-refractivity contribution < 1.29 is 19.5 Å². The van der Waals surface area contributed by atoms with Gasteiger partial charge in [-0.1, -0.05) is 0 Å². The second kappa shape index (κ2) is 4.78. The molecule has 2 aromatic rings. The van der Waals surface area contributed by atoms with Crippen LogP contribution >= 0.6 is 15.9 Å². The van der Waals surface area contributed by atoms with Crippen LogP contribution in [0.3, 0.4) is 0 Å². The van der Waals surface area contributed by atoms with Gasteiger partial charge in [0.15, 0.2) is 0 Å². The number of halogens is 1. The van der Waals surface area contributed by atoms with Crippen molar-refractivity contribution in [3.8, 4) is 0 Å². The van der Waals surface area contributed by atoms with E-state index in [9.17, 15) is 14.4 Å². The average molecular weight is 347 g/mol. The van der Waals surface area contributed by atoms with E-state index in [-0.39, 0.29) is 22.5 Å². The number of nitrogens with zero attached hydrogens (tertiary/aromatic N) is 2. The van der Waals surface area contributed by atoms with Gasteiger partial charge in [-0.05, 0) is 46.3 Å². The van der Waals surface area contributed by atoms with Crippen molar-refractivity contribution in [3.63, 3.8) is 0 Å². The lowest BCUT2D eigenvalue weighted by Crippen LogP contribution is -2.29. The molecule has 1 aliphatic rings. The van der Waals surface area contributed by atoms with Crippen molar-refractivity contribution in [2.75, 3.05) is 4.90 Å². The third kappa shape index (κ3) is 2.02. The molecule has 0 spiro atoms. The highest BCUT2D eigenvalue weighted by molar-refractivity contribution is 9.10. The zero-order chi connectivity index (χ0) is 15.1. The molecule has 3 rings (SSSR count). The zero-order valence-corrected chi connectivity index (χ0v) is 12.0. The largest absolute Gasteiger partial charge is 0.478 e. The summed E-state index contributed by atoms with van der Waals surface area (Å²) in [4.78, 5) is 40.5. The van der Waals surface area contributed by atoms with Gasteiger partial charge in [0, 0.05) is 10.7 Å². The molecule has 0 bridgehead atoms. The number of hydrogen-bond acceptors (Lipinski definition) is 4. The first-order valence-corrected chi connectivity index (χ1v) is 6.66. The molecule has 1 N–H and O–H groups in total. The molecule has 7 heteroatoms. The lowest BCUT2D eigenvalue weighted by Gasteiger charge is -2.14. The van der Waals surface area contributed by atoms with Gasteiger partial charge in [0.25, 0.3) is 11.8 Å². The molecular weight excluding hydrogens is 340 g/mol. The molecule has 0 saturated carbocycles. The zero-order valence-electron chi connectivity index (χ0n) is 10.4. The molecule has 104 valence electrons. The number of aromatic nitrogens is 1. The summed E-state index contributed by atoms with van der Waals surface area (Å²) in [5.74, 6) is -2.23. The molecule has 0 saturated heterocycles.